The molecule has 7 heteroatoms. The van der Waals surface area contributed by atoms with Gasteiger partial charge in [0.15, 0.2) is 0 Å². The fourth-order valence-electron chi connectivity index (χ4n) is 1.68. The van der Waals surface area contributed by atoms with Crippen LogP contribution in [0, 0.1) is 15.5 Å². The molecule has 1 amide bonds. The van der Waals surface area contributed by atoms with Crippen molar-refractivity contribution < 1.29 is 14.8 Å². The van der Waals surface area contributed by atoms with Gasteiger partial charge < -0.3 is 10.4 Å². The van der Waals surface area contributed by atoms with Gasteiger partial charge in [-0.2, -0.15) is 0 Å². The van der Waals surface area contributed by atoms with Gasteiger partial charge in [-0.3, -0.25) is 14.9 Å². The minimum atomic E-state index is -0.516. The molecule has 0 saturated carbocycles. The highest BCUT2D eigenvalue weighted by Crippen LogP contribution is 2.26. The highest BCUT2D eigenvalue weighted by molar-refractivity contribution is 7.17. The van der Waals surface area contributed by atoms with E-state index in [1.54, 1.807) is 0 Å². The molecule has 6 nitrogen and oxygen atoms in total. The number of amides is 1. The topological polar surface area (TPSA) is 92.5 Å². The normalized spacial score (nSPS) is 11.3. The molecule has 0 spiro atoms. The Hall–Kier alpha value is -1.47. The van der Waals surface area contributed by atoms with Gasteiger partial charge in [0.25, 0.3) is 5.91 Å². The zero-order valence-corrected chi connectivity index (χ0v) is 11.8. The van der Waals surface area contributed by atoms with Crippen LogP contribution in [0.2, 0.25) is 0 Å². The van der Waals surface area contributed by atoms with E-state index in [2.05, 4.69) is 5.32 Å². The van der Waals surface area contributed by atoms with Crippen LogP contribution in [0.3, 0.4) is 0 Å². The monoisotopic (exact) mass is 286 g/mol. The molecular formula is C12H18N2O4S. The van der Waals surface area contributed by atoms with E-state index in [0.717, 1.165) is 24.2 Å². The lowest BCUT2D eigenvalue weighted by Gasteiger charge is -2.29. The Bertz CT molecular complexity index is 446. The zero-order chi connectivity index (χ0) is 14.5. The third-order valence-corrected chi connectivity index (χ3v) is 4.49. The van der Waals surface area contributed by atoms with Gasteiger partial charge in [0.05, 0.1) is 16.4 Å². The number of rotatable bonds is 7. The van der Waals surface area contributed by atoms with Gasteiger partial charge in [0.1, 0.15) is 0 Å². The molecule has 1 aromatic heterocycles. The molecule has 19 heavy (non-hydrogen) atoms. The van der Waals surface area contributed by atoms with E-state index in [1.807, 2.05) is 13.8 Å². The van der Waals surface area contributed by atoms with Gasteiger partial charge >= 0.3 is 5.00 Å². The molecule has 0 bridgehead atoms. The summed E-state index contributed by atoms with van der Waals surface area (Å²) in [4.78, 5) is 22.2. The number of aliphatic hydroxyl groups excluding tert-OH is 1. The first-order valence-corrected chi connectivity index (χ1v) is 6.93. The van der Waals surface area contributed by atoms with Crippen molar-refractivity contribution in [3.63, 3.8) is 0 Å². The number of carbonyl (C=O) groups is 1. The van der Waals surface area contributed by atoms with E-state index in [-0.39, 0.29) is 22.9 Å². The van der Waals surface area contributed by atoms with Crippen molar-refractivity contribution in [2.45, 2.75) is 26.7 Å². The largest absolute Gasteiger partial charge is 0.396 e. The second kappa shape index (κ2) is 6.63. The van der Waals surface area contributed by atoms with Crippen molar-refractivity contribution >= 4 is 22.2 Å². The van der Waals surface area contributed by atoms with E-state index in [0.29, 0.717) is 11.4 Å². The highest BCUT2D eigenvalue weighted by Gasteiger charge is 2.26. The Morgan fingerprint density at radius 1 is 1.47 bits per heavy atom. The first kappa shape index (κ1) is 15.6. The standard InChI is InChI=1S/C12H18N2O4S/c1-3-12(4-2,8-15)7-13-11(16)9-5-6-10(19-9)14(17)18/h5-6,15H,3-4,7-8H2,1-2H3,(H,13,16). The fourth-order valence-corrected chi connectivity index (χ4v) is 2.42. The first-order chi connectivity index (χ1) is 8.98. The summed E-state index contributed by atoms with van der Waals surface area (Å²) in [5.41, 5.74) is -0.321. The van der Waals surface area contributed by atoms with Gasteiger partial charge in [0.2, 0.25) is 0 Å². The minimum Gasteiger partial charge on any atom is -0.396 e. The number of nitro groups is 1. The molecule has 0 fully saturated rings. The Morgan fingerprint density at radius 2 is 2.11 bits per heavy atom. The lowest BCUT2D eigenvalue weighted by molar-refractivity contribution is -0.380. The van der Waals surface area contributed by atoms with Crippen molar-refractivity contribution in [1.82, 2.24) is 5.32 Å². The van der Waals surface area contributed by atoms with E-state index in [9.17, 15) is 20.0 Å². The van der Waals surface area contributed by atoms with Crippen molar-refractivity contribution in [3.05, 3.63) is 27.1 Å². The molecule has 0 unspecified atom stereocenters. The Labute approximate surface area is 115 Å². The molecule has 0 aromatic carbocycles. The van der Waals surface area contributed by atoms with E-state index >= 15 is 0 Å². The van der Waals surface area contributed by atoms with Crippen LogP contribution in [0.1, 0.15) is 36.4 Å². The predicted molar refractivity (Wildman–Crippen MR) is 73.4 cm³/mol. The number of thiophene rings is 1. The van der Waals surface area contributed by atoms with E-state index in [4.69, 9.17) is 0 Å². The van der Waals surface area contributed by atoms with Crippen LogP contribution in [0.5, 0.6) is 0 Å². The van der Waals surface area contributed by atoms with Crippen LogP contribution in [0.25, 0.3) is 0 Å². The molecule has 0 saturated heterocycles. The van der Waals surface area contributed by atoms with Crippen LogP contribution in [0.15, 0.2) is 12.1 Å². The summed E-state index contributed by atoms with van der Waals surface area (Å²) in [6.45, 7) is 4.29. The van der Waals surface area contributed by atoms with Crippen LogP contribution >= 0.6 is 11.3 Å². The summed E-state index contributed by atoms with van der Waals surface area (Å²) >= 11 is 0.849. The fraction of sp³-hybridized carbons (Fsp3) is 0.583. The van der Waals surface area contributed by atoms with Crippen LogP contribution in [0.4, 0.5) is 5.00 Å². The average molecular weight is 286 g/mol. The quantitative estimate of drug-likeness (QED) is 0.593. The molecule has 0 aliphatic carbocycles. The molecule has 0 aliphatic rings. The third-order valence-electron chi connectivity index (χ3n) is 3.45. The van der Waals surface area contributed by atoms with Crippen molar-refractivity contribution in [1.29, 1.82) is 0 Å². The van der Waals surface area contributed by atoms with Crippen LogP contribution in [-0.4, -0.2) is 29.1 Å². The summed E-state index contributed by atoms with van der Waals surface area (Å²) in [6.07, 6.45) is 1.51. The Kier molecular flexibility index (Phi) is 5.44. The maximum atomic E-state index is 11.9. The minimum absolute atomic E-state index is 0.00483. The van der Waals surface area contributed by atoms with E-state index < -0.39 is 4.92 Å². The van der Waals surface area contributed by atoms with Crippen molar-refractivity contribution in [2.75, 3.05) is 13.2 Å². The molecule has 1 heterocycles. The summed E-state index contributed by atoms with van der Waals surface area (Å²) in [6, 6.07) is 2.76. The summed E-state index contributed by atoms with van der Waals surface area (Å²) in [7, 11) is 0. The van der Waals surface area contributed by atoms with Crippen molar-refractivity contribution in [3.8, 4) is 0 Å². The molecule has 106 valence electrons. The summed E-state index contributed by atoms with van der Waals surface area (Å²) < 4.78 is 0. The van der Waals surface area contributed by atoms with Crippen molar-refractivity contribution in [2.24, 2.45) is 5.41 Å². The molecule has 1 aromatic rings. The number of nitrogens with zero attached hydrogens (tertiary/aromatic N) is 1. The maximum absolute atomic E-state index is 11.9. The number of aliphatic hydroxyl groups is 1. The van der Waals surface area contributed by atoms with Gasteiger partial charge in [-0.15, -0.1) is 0 Å². The molecule has 2 N–H and O–H groups in total. The van der Waals surface area contributed by atoms with Gasteiger partial charge in [-0.1, -0.05) is 25.2 Å². The number of carbonyl (C=O) groups excluding carboxylic acids is 1. The maximum Gasteiger partial charge on any atom is 0.324 e. The number of hydrogen-bond donors (Lipinski definition) is 2. The van der Waals surface area contributed by atoms with Gasteiger partial charge in [0, 0.05) is 18.0 Å². The Balaban J connectivity index is 2.66. The summed E-state index contributed by atoms with van der Waals surface area (Å²) in [5, 5.41) is 22.6. The van der Waals surface area contributed by atoms with Gasteiger partial charge in [-0.05, 0) is 18.9 Å². The zero-order valence-electron chi connectivity index (χ0n) is 11.0. The lowest BCUT2D eigenvalue weighted by atomic mass is 9.83. The second-order valence-electron chi connectivity index (χ2n) is 4.44. The van der Waals surface area contributed by atoms with Crippen LogP contribution in [-0.2, 0) is 0 Å². The number of hydrogen-bond acceptors (Lipinski definition) is 5. The smallest absolute Gasteiger partial charge is 0.324 e. The lowest BCUT2D eigenvalue weighted by Crippen LogP contribution is -2.39. The molecule has 0 aliphatic heterocycles. The molecule has 0 radical (unpaired) electrons. The first-order valence-electron chi connectivity index (χ1n) is 6.11. The molecular weight excluding hydrogens is 268 g/mol. The SMILES string of the molecule is CCC(CC)(CO)CNC(=O)c1ccc([N+](=O)[O-])s1. The highest BCUT2D eigenvalue weighted by atomic mass is 32.1. The van der Waals surface area contributed by atoms with E-state index in [1.165, 1.54) is 12.1 Å². The number of nitrogens with one attached hydrogen (secondary N) is 1. The van der Waals surface area contributed by atoms with Crippen LogP contribution < -0.4 is 5.32 Å². The third kappa shape index (κ3) is 3.74. The molecule has 1 rings (SSSR count). The molecule has 0 atom stereocenters. The second-order valence-corrected chi connectivity index (χ2v) is 5.51. The average Bonchev–Trinajstić information content (AvgIpc) is 2.90. The van der Waals surface area contributed by atoms with Gasteiger partial charge in [-0.25, -0.2) is 0 Å². The predicted octanol–water partition coefficient (Wildman–Crippen LogP) is 2.18. The summed E-state index contributed by atoms with van der Waals surface area (Å²) in [5.74, 6) is -0.335. The Morgan fingerprint density at radius 3 is 2.53 bits per heavy atom.